The van der Waals surface area contributed by atoms with Crippen LogP contribution in [0.2, 0.25) is 0 Å². The Labute approximate surface area is 191 Å². The third-order valence-electron chi connectivity index (χ3n) is 4.94. The van der Waals surface area contributed by atoms with E-state index in [9.17, 15) is 13.2 Å². The van der Waals surface area contributed by atoms with Crippen LogP contribution in [-0.2, 0) is 21.4 Å². The maximum atomic E-state index is 12.1. The monoisotopic (exact) mass is 464 g/mol. The van der Waals surface area contributed by atoms with Crippen molar-refractivity contribution in [3.8, 4) is 0 Å². The maximum absolute atomic E-state index is 12.1. The molecule has 2 aromatic heterocycles. The lowest BCUT2D eigenvalue weighted by molar-refractivity contribution is -0.114. The Hall–Kier alpha value is -3.92. The molecule has 0 radical (unpaired) electrons. The molecule has 9 nitrogen and oxygen atoms in total. The van der Waals surface area contributed by atoms with Gasteiger partial charge in [0.1, 0.15) is 5.65 Å². The molecule has 3 N–H and O–H groups in total. The Morgan fingerprint density at radius 1 is 1.06 bits per heavy atom. The Balaban J connectivity index is 1.61. The molecule has 10 heteroatoms. The summed E-state index contributed by atoms with van der Waals surface area (Å²) in [7, 11) is -3.39. The molecule has 2 aromatic carbocycles. The van der Waals surface area contributed by atoms with Crippen LogP contribution in [-0.4, -0.2) is 34.6 Å². The first kappa shape index (κ1) is 22.3. The molecular formula is C23H24N6O3S. The molecule has 0 saturated carbocycles. The first-order chi connectivity index (χ1) is 15.8. The number of amides is 1. The van der Waals surface area contributed by atoms with Crippen LogP contribution < -0.4 is 15.4 Å². The predicted octanol–water partition coefficient (Wildman–Crippen LogP) is 3.94. The SMILES string of the molecule is CCS(=O)(=O)Nc1ccccc1Cn1ccc2cnc(Nc3cccc(NC(C)=O)c3)nc21. The van der Waals surface area contributed by atoms with E-state index < -0.39 is 10.0 Å². The number of nitrogens with one attached hydrogen (secondary N) is 3. The third-order valence-corrected chi connectivity index (χ3v) is 6.24. The normalized spacial score (nSPS) is 11.3. The molecule has 0 unspecified atom stereocenters. The van der Waals surface area contributed by atoms with Gasteiger partial charge in [-0.1, -0.05) is 24.3 Å². The van der Waals surface area contributed by atoms with E-state index in [1.807, 2.05) is 41.1 Å². The molecule has 170 valence electrons. The second-order valence-electron chi connectivity index (χ2n) is 7.47. The fourth-order valence-corrected chi connectivity index (χ4v) is 4.03. The van der Waals surface area contributed by atoms with Crippen LogP contribution in [0.3, 0.4) is 0 Å². The summed E-state index contributed by atoms with van der Waals surface area (Å²) in [4.78, 5) is 20.3. The molecule has 0 fully saturated rings. The minimum Gasteiger partial charge on any atom is -0.328 e. The van der Waals surface area contributed by atoms with E-state index in [2.05, 4.69) is 25.3 Å². The lowest BCUT2D eigenvalue weighted by Crippen LogP contribution is -2.16. The van der Waals surface area contributed by atoms with Crippen molar-refractivity contribution in [2.24, 2.45) is 0 Å². The fraction of sp³-hybridized carbons (Fsp3) is 0.174. The highest BCUT2D eigenvalue weighted by atomic mass is 32.2. The van der Waals surface area contributed by atoms with Crippen molar-refractivity contribution in [2.75, 3.05) is 21.1 Å². The summed E-state index contributed by atoms with van der Waals surface area (Å²) in [5.41, 5.74) is 3.48. The Bertz CT molecular complexity index is 1410. The van der Waals surface area contributed by atoms with Crippen LogP contribution in [0.25, 0.3) is 11.0 Å². The van der Waals surface area contributed by atoms with Crippen LogP contribution in [0.5, 0.6) is 0 Å². The fourth-order valence-electron chi connectivity index (χ4n) is 3.35. The third kappa shape index (κ3) is 5.47. The maximum Gasteiger partial charge on any atom is 0.232 e. The van der Waals surface area contributed by atoms with Crippen LogP contribution >= 0.6 is 0 Å². The van der Waals surface area contributed by atoms with E-state index >= 15 is 0 Å². The number of hydrogen-bond acceptors (Lipinski definition) is 6. The number of hydrogen-bond donors (Lipinski definition) is 3. The Morgan fingerprint density at radius 3 is 2.64 bits per heavy atom. The van der Waals surface area contributed by atoms with Gasteiger partial charge in [0.2, 0.25) is 21.9 Å². The van der Waals surface area contributed by atoms with Gasteiger partial charge in [0.25, 0.3) is 0 Å². The van der Waals surface area contributed by atoms with Crippen molar-refractivity contribution >= 4 is 50.0 Å². The Kier molecular flexibility index (Phi) is 6.27. The number of sulfonamides is 1. The zero-order chi connectivity index (χ0) is 23.4. The molecule has 0 bridgehead atoms. The van der Waals surface area contributed by atoms with Crippen molar-refractivity contribution in [3.05, 3.63) is 72.6 Å². The van der Waals surface area contributed by atoms with Crippen LogP contribution in [0.4, 0.5) is 23.0 Å². The summed E-state index contributed by atoms with van der Waals surface area (Å²) in [5.74, 6) is 0.255. The minimum atomic E-state index is -3.39. The second-order valence-corrected chi connectivity index (χ2v) is 9.48. The van der Waals surface area contributed by atoms with Gasteiger partial charge in [-0.2, -0.15) is 4.98 Å². The van der Waals surface area contributed by atoms with Crippen LogP contribution in [0, 0.1) is 0 Å². The van der Waals surface area contributed by atoms with E-state index in [0.29, 0.717) is 29.5 Å². The van der Waals surface area contributed by atoms with E-state index in [4.69, 9.17) is 0 Å². The highest BCUT2D eigenvalue weighted by Crippen LogP contribution is 2.23. The van der Waals surface area contributed by atoms with E-state index in [1.54, 1.807) is 37.4 Å². The second kappa shape index (κ2) is 9.29. The lowest BCUT2D eigenvalue weighted by Gasteiger charge is -2.13. The average Bonchev–Trinajstić information content (AvgIpc) is 3.17. The van der Waals surface area contributed by atoms with Crippen molar-refractivity contribution < 1.29 is 13.2 Å². The summed E-state index contributed by atoms with van der Waals surface area (Å²) >= 11 is 0. The van der Waals surface area contributed by atoms with E-state index in [-0.39, 0.29) is 11.7 Å². The number of carbonyl (C=O) groups is 1. The zero-order valence-electron chi connectivity index (χ0n) is 18.2. The highest BCUT2D eigenvalue weighted by Gasteiger charge is 2.12. The molecule has 0 aliphatic carbocycles. The standard InChI is InChI=1S/C23H24N6O3S/c1-3-33(31,32)28-21-10-5-4-7-18(21)15-29-12-11-17-14-24-23(27-22(17)29)26-20-9-6-8-19(13-20)25-16(2)30/h4-14,28H,3,15H2,1-2H3,(H,25,30)(H,24,26,27). The predicted molar refractivity (Wildman–Crippen MR) is 130 cm³/mol. The molecule has 1 amide bonds. The number of nitrogens with zero attached hydrogens (tertiary/aromatic N) is 3. The average molecular weight is 465 g/mol. The van der Waals surface area contributed by atoms with Gasteiger partial charge >= 0.3 is 0 Å². The van der Waals surface area contributed by atoms with Crippen LogP contribution in [0.1, 0.15) is 19.4 Å². The highest BCUT2D eigenvalue weighted by molar-refractivity contribution is 7.92. The number of fused-ring (bicyclic) bond motifs is 1. The lowest BCUT2D eigenvalue weighted by atomic mass is 10.2. The van der Waals surface area contributed by atoms with Gasteiger partial charge in [-0.3, -0.25) is 9.52 Å². The summed E-state index contributed by atoms with van der Waals surface area (Å²) in [5, 5.41) is 6.77. The smallest absolute Gasteiger partial charge is 0.232 e. The Morgan fingerprint density at radius 2 is 1.85 bits per heavy atom. The topological polar surface area (TPSA) is 118 Å². The van der Waals surface area contributed by atoms with Gasteiger partial charge in [0.15, 0.2) is 0 Å². The van der Waals surface area contributed by atoms with Gasteiger partial charge in [-0.25, -0.2) is 13.4 Å². The molecule has 0 aliphatic rings. The van der Waals surface area contributed by atoms with Crippen molar-refractivity contribution in [2.45, 2.75) is 20.4 Å². The molecule has 4 rings (SSSR count). The first-order valence-electron chi connectivity index (χ1n) is 10.4. The number of benzene rings is 2. The molecule has 33 heavy (non-hydrogen) atoms. The van der Waals surface area contributed by atoms with E-state index in [0.717, 1.165) is 16.6 Å². The molecule has 2 heterocycles. The summed E-state index contributed by atoms with van der Waals surface area (Å²) < 4.78 is 28.7. The minimum absolute atomic E-state index is 0.000818. The van der Waals surface area contributed by atoms with Crippen molar-refractivity contribution in [3.63, 3.8) is 0 Å². The molecule has 0 aliphatic heterocycles. The van der Waals surface area contributed by atoms with Crippen LogP contribution in [0.15, 0.2) is 67.0 Å². The van der Waals surface area contributed by atoms with E-state index in [1.165, 1.54) is 6.92 Å². The quantitative estimate of drug-likeness (QED) is 0.363. The molecule has 0 atom stereocenters. The van der Waals surface area contributed by atoms with Crippen molar-refractivity contribution in [1.29, 1.82) is 0 Å². The number of anilines is 4. The van der Waals surface area contributed by atoms with Gasteiger partial charge < -0.3 is 15.2 Å². The zero-order valence-corrected chi connectivity index (χ0v) is 19.1. The summed E-state index contributed by atoms with van der Waals surface area (Å²) in [6, 6.07) is 16.5. The molecule has 0 spiro atoms. The van der Waals surface area contributed by atoms with Gasteiger partial charge in [0.05, 0.1) is 18.0 Å². The summed E-state index contributed by atoms with van der Waals surface area (Å²) in [6.45, 7) is 3.48. The number of para-hydroxylation sites is 1. The number of rotatable bonds is 8. The van der Waals surface area contributed by atoms with Crippen molar-refractivity contribution in [1.82, 2.24) is 14.5 Å². The molecule has 4 aromatic rings. The summed E-state index contributed by atoms with van der Waals surface area (Å²) in [6.07, 6.45) is 3.62. The first-order valence-corrected chi connectivity index (χ1v) is 12.0. The van der Waals surface area contributed by atoms with Gasteiger partial charge in [-0.15, -0.1) is 0 Å². The number of carbonyl (C=O) groups excluding carboxylic acids is 1. The molecule has 0 saturated heterocycles. The number of aromatic nitrogens is 3. The van der Waals surface area contributed by atoms with Gasteiger partial charge in [-0.05, 0) is 42.8 Å². The van der Waals surface area contributed by atoms with Gasteiger partial charge in [0, 0.05) is 36.1 Å². The molecular weight excluding hydrogens is 440 g/mol. The largest absolute Gasteiger partial charge is 0.328 e.